The van der Waals surface area contributed by atoms with Crippen molar-refractivity contribution in [2.75, 3.05) is 19.6 Å². The highest BCUT2D eigenvalue weighted by Gasteiger charge is 2.17. The summed E-state index contributed by atoms with van der Waals surface area (Å²) in [5.74, 6) is 1.50. The van der Waals surface area contributed by atoms with Gasteiger partial charge in [-0.2, -0.15) is 0 Å². The Kier molecular flexibility index (Phi) is 5.13. The second kappa shape index (κ2) is 7.47. The number of nitrogens with two attached hydrogens (primary N) is 1. The van der Waals surface area contributed by atoms with Crippen molar-refractivity contribution in [3.8, 4) is 11.5 Å². The Hall–Kier alpha value is -2.37. The Morgan fingerprint density at radius 1 is 1.42 bits per heavy atom. The van der Waals surface area contributed by atoms with E-state index < -0.39 is 0 Å². The van der Waals surface area contributed by atoms with Crippen molar-refractivity contribution in [2.24, 2.45) is 16.6 Å². The predicted octanol–water partition coefficient (Wildman–Crippen LogP) is 3.07. The van der Waals surface area contributed by atoms with E-state index >= 15 is 0 Å². The molecule has 3 rings (SSSR count). The van der Waals surface area contributed by atoms with Gasteiger partial charge in [-0.15, -0.1) is 0 Å². The predicted molar refractivity (Wildman–Crippen MR) is 92.1 cm³/mol. The highest BCUT2D eigenvalue weighted by Crippen LogP contribution is 2.19. The molecule has 24 heavy (non-hydrogen) atoms. The van der Waals surface area contributed by atoms with Crippen LogP contribution in [0.4, 0.5) is 4.39 Å². The zero-order valence-corrected chi connectivity index (χ0v) is 13.9. The van der Waals surface area contributed by atoms with Crippen LogP contribution in [0, 0.1) is 11.7 Å². The van der Waals surface area contributed by atoms with Gasteiger partial charge < -0.3 is 15.1 Å². The van der Waals surface area contributed by atoms with E-state index in [9.17, 15) is 4.39 Å². The molecule has 2 heterocycles. The maximum absolute atomic E-state index is 12.9. The summed E-state index contributed by atoms with van der Waals surface area (Å²) in [6, 6.07) is 6.09. The Balaban J connectivity index is 1.55. The molecular formula is C18H23FN4O. The number of hydrogen-bond donors (Lipinski definition) is 1. The quantitative estimate of drug-likeness (QED) is 0.691. The molecule has 0 saturated carbocycles. The highest BCUT2D eigenvalue weighted by molar-refractivity contribution is 5.78. The lowest BCUT2D eigenvalue weighted by Crippen LogP contribution is -2.43. The van der Waals surface area contributed by atoms with Crippen LogP contribution >= 0.6 is 0 Å². The van der Waals surface area contributed by atoms with Gasteiger partial charge >= 0.3 is 0 Å². The van der Waals surface area contributed by atoms with Crippen LogP contribution < -0.4 is 5.73 Å². The van der Waals surface area contributed by atoms with Crippen LogP contribution in [-0.2, 0) is 6.42 Å². The average molecular weight is 330 g/mol. The van der Waals surface area contributed by atoms with Crippen LogP contribution in [0.1, 0.15) is 25.5 Å². The summed E-state index contributed by atoms with van der Waals surface area (Å²) in [5.41, 5.74) is 7.66. The van der Waals surface area contributed by atoms with Crippen LogP contribution in [0.15, 0.2) is 39.9 Å². The molecule has 0 bridgehead atoms. The average Bonchev–Trinajstić information content (AvgIpc) is 3.04. The van der Waals surface area contributed by atoms with Crippen LogP contribution in [0.2, 0.25) is 0 Å². The number of oxazole rings is 1. The zero-order chi connectivity index (χ0) is 16.9. The van der Waals surface area contributed by atoms with E-state index in [0.717, 1.165) is 24.3 Å². The number of nitrogens with zero attached hydrogens (tertiary/aromatic N) is 3. The lowest BCUT2D eigenvalue weighted by molar-refractivity contribution is 0.270. The van der Waals surface area contributed by atoms with Crippen molar-refractivity contribution in [3.63, 3.8) is 0 Å². The normalized spacial score (nSPS) is 18.8. The van der Waals surface area contributed by atoms with E-state index in [0.29, 0.717) is 30.7 Å². The van der Waals surface area contributed by atoms with Crippen LogP contribution in [0.25, 0.3) is 11.5 Å². The molecule has 2 N–H and O–H groups in total. The number of benzene rings is 1. The minimum Gasteiger partial charge on any atom is -0.444 e. The van der Waals surface area contributed by atoms with Gasteiger partial charge in [-0.05, 0) is 43.0 Å². The SMILES string of the molecule is CC1CCCN(C(N)=NCCc2coc(-c3ccc(F)cc3)n2)C1. The minimum absolute atomic E-state index is 0.276. The van der Waals surface area contributed by atoms with Crippen LogP contribution in [0.3, 0.4) is 0 Å². The molecule has 1 atom stereocenters. The fourth-order valence-electron chi connectivity index (χ4n) is 2.93. The summed E-state index contributed by atoms with van der Waals surface area (Å²) in [6.45, 7) is 4.78. The molecule has 1 unspecified atom stereocenters. The first-order valence-corrected chi connectivity index (χ1v) is 8.37. The number of aliphatic imine (C=N–C) groups is 1. The summed E-state index contributed by atoms with van der Waals surface area (Å²) in [5, 5.41) is 0. The molecule has 1 aromatic carbocycles. The standard InChI is InChI=1S/C18H23FN4O/c1-13-3-2-10-23(11-13)18(20)21-9-8-16-12-24-17(22-16)14-4-6-15(19)7-5-14/h4-7,12-13H,2-3,8-11H2,1H3,(H2,20,21). The van der Waals surface area contributed by atoms with Crippen LogP contribution in [-0.4, -0.2) is 35.5 Å². The number of likely N-dealkylation sites (tertiary alicyclic amines) is 1. The van der Waals surface area contributed by atoms with E-state index in [1.54, 1.807) is 18.4 Å². The van der Waals surface area contributed by atoms with E-state index in [4.69, 9.17) is 10.2 Å². The van der Waals surface area contributed by atoms with Crippen molar-refractivity contribution < 1.29 is 8.81 Å². The zero-order valence-electron chi connectivity index (χ0n) is 13.9. The molecule has 5 nitrogen and oxygen atoms in total. The fraction of sp³-hybridized carbons (Fsp3) is 0.444. The van der Waals surface area contributed by atoms with Crippen molar-refractivity contribution in [1.82, 2.24) is 9.88 Å². The topological polar surface area (TPSA) is 67.7 Å². The van der Waals surface area contributed by atoms with Crippen molar-refractivity contribution in [2.45, 2.75) is 26.2 Å². The maximum Gasteiger partial charge on any atom is 0.226 e. The van der Waals surface area contributed by atoms with E-state index in [-0.39, 0.29) is 5.82 Å². The van der Waals surface area contributed by atoms with Gasteiger partial charge in [0.1, 0.15) is 12.1 Å². The number of rotatable bonds is 4. The molecule has 1 aliphatic rings. The molecule has 128 valence electrons. The molecule has 1 fully saturated rings. The van der Waals surface area contributed by atoms with Crippen molar-refractivity contribution in [1.29, 1.82) is 0 Å². The molecule has 1 aliphatic heterocycles. The fourth-order valence-corrected chi connectivity index (χ4v) is 2.93. The molecule has 0 aliphatic carbocycles. The number of hydrogen-bond acceptors (Lipinski definition) is 3. The molecular weight excluding hydrogens is 307 g/mol. The van der Waals surface area contributed by atoms with Gasteiger partial charge in [-0.1, -0.05) is 6.92 Å². The molecule has 0 radical (unpaired) electrons. The molecule has 0 amide bonds. The van der Waals surface area contributed by atoms with Gasteiger partial charge in [-0.3, -0.25) is 4.99 Å². The number of halogens is 1. The minimum atomic E-state index is -0.276. The van der Waals surface area contributed by atoms with Crippen LogP contribution in [0.5, 0.6) is 0 Å². The largest absolute Gasteiger partial charge is 0.444 e. The van der Waals surface area contributed by atoms with Gasteiger partial charge in [0.15, 0.2) is 5.96 Å². The van der Waals surface area contributed by atoms with E-state index in [2.05, 4.69) is 21.8 Å². The van der Waals surface area contributed by atoms with E-state index in [1.165, 1.54) is 25.0 Å². The molecule has 1 aromatic heterocycles. The number of aromatic nitrogens is 1. The molecule has 2 aromatic rings. The lowest BCUT2D eigenvalue weighted by atomic mass is 10.0. The molecule has 0 spiro atoms. The summed E-state index contributed by atoms with van der Waals surface area (Å²) in [4.78, 5) is 11.0. The monoisotopic (exact) mass is 330 g/mol. The second-order valence-electron chi connectivity index (χ2n) is 6.33. The van der Waals surface area contributed by atoms with Gasteiger partial charge in [0.05, 0.1) is 5.69 Å². The third-order valence-electron chi connectivity index (χ3n) is 4.27. The third-order valence-corrected chi connectivity index (χ3v) is 4.27. The van der Waals surface area contributed by atoms with Crippen molar-refractivity contribution in [3.05, 3.63) is 42.0 Å². The summed E-state index contributed by atoms with van der Waals surface area (Å²) in [6.07, 6.45) is 4.71. The maximum atomic E-state index is 12.9. The second-order valence-corrected chi connectivity index (χ2v) is 6.33. The van der Waals surface area contributed by atoms with E-state index in [1.807, 2.05) is 0 Å². The number of piperidine rings is 1. The van der Waals surface area contributed by atoms with Gasteiger partial charge in [0.25, 0.3) is 0 Å². The Bertz CT molecular complexity index is 695. The first-order valence-electron chi connectivity index (χ1n) is 8.37. The van der Waals surface area contributed by atoms with Gasteiger partial charge in [0.2, 0.25) is 5.89 Å². The third kappa shape index (κ3) is 4.13. The first kappa shape index (κ1) is 16.5. The summed E-state index contributed by atoms with van der Waals surface area (Å²) >= 11 is 0. The Labute approximate surface area is 141 Å². The lowest BCUT2D eigenvalue weighted by Gasteiger charge is -2.31. The van der Waals surface area contributed by atoms with Crippen molar-refractivity contribution >= 4 is 5.96 Å². The Morgan fingerprint density at radius 3 is 2.96 bits per heavy atom. The van der Waals surface area contributed by atoms with Gasteiger partial charge in [0, 0.05) is 31.6 Å². The summed E-state index contributed by atoms with van der Waals surface area (Å²) < 4.78 is 18.4. The Morgan fingerprint density at radius 2 is 2.21 bits per heavy atom. The highest BCUT2D eigenvalue weighted by atomic mass is 19.1. The first-order chi connectivity index (χ1) is 11.6. The summed E-state index contributed by atoms with van der Waals surface area (Å²) in [7, 11) is 0. The molecule has 1 saturated heterocycles. The van der Waals surface area contributed by atoms with Gasteiger partial charge in [-0.25, -0.2) is 9.37 Å². The smallest absolute Gasteiger partial charge is 0.226 e. The molecule has 6 heteroatoms. The number of guanidine groups is 1.